The van der Waals surface area contributed by atoms with E-state index in [1.165, 1.54) is 0 Å². The summed E-state index contributed by atoms with van der Waals surface area (Å²) in [4.78, 5) is 2.16. The van der Waals surface area contributed by atoms with Gasteiger partial charge in [0.15, 0.2) is 0 Å². The summed E-state index contributed by atoms with van der Waals surface area (Å²) in [5.74, 6) is 0. The van der Waals surface area contributed by atoms with E-state index in [-0.39, 0.29) is 11.5 Å². The molecular weight excluding hydrogens is 164 g/mol. The minimum atomic E-state index is -0.121. The molecule has 0 aliphatic heterocycles. The first-order valence-electron chi connectivity index (χ1n) is 5.00. The zero-order valence-corrected chi connectivity index (χ0v) is 9.17. The van der Waals surface area contributed by atoms with E-state index >= 15 is 0 Å². The number of hydrogen-bond acceptors (Lipinski definition) is 3. The molecule has 0 saturated heterocycles. The maximum atomic E-state index is 9.50. The number of hydrogen-bond donors (Lipinski definition) is 2. The second-order valence-corrected chi connectivity index (χ2v) is 4.88. The molecule has 3 nitrogen and oxygen atoms in total. The highest BCUT2D eigenvalue weighted by atomic mass is 16.3. The lowest BCUT2D eigenvalue weighted by atomic mass is 9.64. The Morgan fingerprint density at radius 1 is 1.46 bits per heavy atom. The third-order valence-corrected chi connectivity index (χ3v) is 3.17. The molecular formula is C10H22N2O. The number of aliphatic hydroxyl groups is 1. The number of likely N-dealkylation sites (N-methyl/N-ethyl adjacent to an activating group) is 1. The van der Waals surface area contributed by atoms with Gasteiger partial charge < -0.3 is 15.3 Å². The van der Waals surface area contributed by atoms with Crippen LogP contribution in [0.1, 0.15) is 20.3 Å². The van der Waals surface area contributed by atoms with Gasteiger partial charge in [0.05, 0.1) is 6.10 Å². The van der Waals surface area contributed by atoms with E-state index < -0.39 is 0 Å². The quantitative estimate of drug-likeness (QED) is 0.663. The van der Waals surface area contributed by atoms with Gasteiger partial charge in [0.2, 0.25) is 0 Å². The molecule has 2 N–H and O–H groups in total. The predicted molar refractivity (Wildman–Crippen MR) is 54.7 cm³/mol. The van der Waals surface area contributed by atoms with Gasteiger partial charge in [-0.1, -0.05) is 13.8 Å². The molecule has 2 unspecified atom stereocenters. The maximum Gasteiger partial charge on any atom is 0.0621 e. The first-order chi connectivity index (χ1) is 5.94. The van der Waals surface area contributed by atoms with Gasteiger partial charge in [-0.3, -0.25) is 0 Å². The fourth-order valence-corrected chi connectivity index (χ4v) is 1.71. The topological polar surface area (TPSA) is 35.5 Å². The Morgan fingerprint density at radius 3 is 2.46 bits per heavy atom. The average molecular weight is 186 g/mol. The third-order valence-electron chi connectivity index (χ3n) is 3.17. The summed E-state index contributed by atoms with van der Waals surface area (Å²) in [6, 6.07) is 0.488. The second kappa shape index (κ2) is 3.95. The van der Waals surface area contributed by atoms with E-state index in [9.17, 15) is 5.11 Å². The summed E-state index contributed by atoms with van der Waals surface area (Å²) < 4.78 is 0. The van der Waals surface area contributed by atoms with Crippen LogP contribution in [0.15, 0.2) is 0 Å². The van der Waals surface area contributed by atoms with Gasteiger partial charge in [0.25, 0.3) is 0 Å². The van der Waals surface area contributed by atoms with Crippen LogP contribution in [0.3, 0.4) is 0 Å². The summed E-state index contributed by atoms with van der Waals surface area (Å²) in [6.45, 7) is 6.31. The largest absolute Gasteiger partial charge is 0.392 e. The molecule has 13 heavy (non-hydrogen) atoms. The van der Waals surface area contributed by atoms with Crippen LogP contribution in [0.4, 0.5) is 0 Å². The van der Waals surface area contributed by atoms with Gasteiger partial charge in [0, 0.05) is 24.5 Å². The SMILES string of the molecule is CN(C)CCNC1CC(O)C1(C)C. The molecule has 1 fully saturated rings. The van der Waals surface area contributed by atoms with Gasteiger partial charge in [-0.05, 0) is 20.5 Å². The number of nitrogens with one attached hydrogen (secondary N) is 1. The van der Waals surface area contributed by atoms with Gasteiger partial charge >= 0.3 is 0 Å². The van der Waals surface area contributed by atoms with Crippen molar-refractivity contribution in [1.82, 2.24) is 10.2 Å². The van der Waals surface area contributed by atoms with Crippen molar-refractivity contribution in [3.63, 3.8) is 0 Å². The normalized spacial score (nSPS) is 31.8. The van der Waals surface area contributed by atoms with Crippen LogP contribution in [0.25, 0.3) is 0 Å². The van der Waals surface area contributed by atoms with Gasteiger partial charge in [-0.2, -0.15) is 0 Å². The number of aliphatic hydroxyl groups excluding tert-OH is 1. The lowest BCUT2D eigenvalue weighted by Gasteiger charge is -2.49. The van der Waals surface area contributed by atoms with Crippen molar-refractivity contribution in [2.45, 2.75) is 32.4 Å². The first-order valence-corrected chi connectivity index (χ1v) is 5.00. The number of rotatable bonds is 4. The van der Waals surface area contributed by atoms with Gasteiger partial charge in [-0.15, -0.1) is 0 Å². The predicted octanol–water partition coefficient (Wildman–Crippen LogP) is 0.297. The van der Waals surface area contributed by atoms with Gasteiger partial charge in [-0.25, -0.2) is 0 Å². The summed E-state index contributed by atoms with van der Waals surface area (Å²) in [7, 11) is 4.14. The highest BCUT2D eigenvalue weighted by Crippen LogP contribution is 2.40. The first kappa shape index (κ1) is 11.0. The molecule has 0 amide bonds. The molecule has 0 spiro atoms. The Balaban J connectivity index is 2.17. The van der Waals surface area contributed by atoms with Crippen LogP contribution in [-0.4, -0.2) is 49.3 Å². The second-order valence-electron chi connectivity index (χ2n) is 4.88. The Labute approximate surface area is 81.1 Å². The molecule has 1 aliphatic carbocycles. The van der Waals surface area contributed by atoms with Crippen molar-refractivity contribution in [2.24, 2.45) is 5.41 Å². The molecule has 1 aliphatic rings. The minimum absolute atomic E-state index is 0.0618. The minimum Gasteiger partial charge on any atom is -0.392 e. The zero-order valence-electron chi connectivity index (χ0n) is 9.17. The van der Waals surface area contributed by atoms with Crippen LogP contribution in [-0.2, 0) is 0 Å². The molecule has 0 radical (unpaired) electrons. The van der Waals surface area contributed by atoms with Crippen molar-refractivity contribution in [3.05, 3.63) is 0 Å². The standard InChI is InChI=1S/C10H22N2O/c1-10(2)8(7-9(10)13)11-5-6-12(3)4/h8-9,11,13H,5-7H2,1-4H3. The molecule has 0 heterocycles. The number of nitrogens with zero attached hydrogens (tertiary/aromatic N) is 1. The van der Waals surface area contributed by atoms with E-state index in [1.807, 2.05) is 0 Å². The monoisotopic (exact) mass is 186 g/mol. The molecule has 2 atom stereocenters. The molecule has 0 bridgehead atoms. The van der Waals surface area contributed by atoms with Crippen LogP contribution in [0.5, 0.6) is 0 Å². The lowest BCUT2D eigenvalue weighted by Crippen LogP contribution is -2.60. The summed E-state index contributed by atoms with van der Waals surface area (Å²) in [6.07, 6.45) is 0.782. The Bertz CT molecular complexity index is 168. The zero-order chi connectivity index (χ0) is 10.1. The molecule has 0 aromatic heterocycles. The summed E-state index contributed by atoms with van der Waals surface area (Å²) in [5, 5.41) is 13.0. The summed E-state index contributed by atoms with van der Waals surface area (Å²) in [5.41, 5.74) is 0.0618. The smallest absolute Gasteiger partial charge is 0.0621 e. The fraction of sp³-hybridized carbons (Fsp3) is 1.00. The molecule has 78 valence electrons. The van der Waals surface area contributed by atoms with Crippen molar-refractivity contribution >= 4 is 0 Å². The molecule has 1 rings (SSSR count). The van der Waals surface area contributed by atoms with Crippen LogP contribution in [0.2, 0.25) is 0 Å². The van der Waals surface area contributed by atoms with E-state index in [0.29, 0.717) is 6.04 Å². The molecule has 3 heteroatoms. The van der Waals surface area contributed by atoms with E-state index in [4.69, 9.17) is 0 Å². The summed E-state index contributed by atoms with van der Waals surface area (Å²) >= 11 is 0. The lowest BCUT2D eigenvalue weighted by molar-refractivity contribution is -0.0724. The Morgan fingerprint density at radius 2 is 2.08 bits per heavy atom. The van der Waals surface area contributed by atoms with Crippen molar-refractivity contribution in [1.29, 1.82) is 0 Å². The van der Waals surface area contributed by atoms with Crippen LogP contribution >= 0.6 is 0 Å². The van der Waals surface area contributed by atoms with Crippen LogP contribution < -0.4 is 5.32 Å². The van der Waals surface area contributed by atoms with E-state index in [1.54, 1.807) is 0 Å². The highest BCUT2D eigenvalue weighted by Gasteiger charge is 2.46. The third kappa shape index (κ3) is 2.42. The van der Waals surface area contributed by atoms with Crippen molar-refractivity contribution in [2.75, 3.05) is 27.2 Å². The maximum absolute atomic E-state index is 9.50. The highest BCUT2D eigenvalue weighted by molar-refractivity contribution is 5.01. The van der Waals surface area contributed by atoms with Gasteiger partial charge in [0.1, 0.15) is 0 Å². The average Bonchev–Trinajstić information content (AvgIpc) is 2.02. The molecule has 0 aromatic carbocycles. The fourth-order valence-electron chi connectivity index (χ4n) is 1.71. The molecule has 0 aromatic rings. The van der Waals surface area contributed by atoms with Crippen LogP contribution in [0, 0.1) is 5.41 Å². The Kier molecular flexibility index (Phi) is 3.33. The molecule has 1 saturated carbocycles. The van der Waals surface area contributed by atoms with E-state index in [0.717, 1.165) is 19.5 Å². The van der Waals surface area contributed by atoms with Crippen molar-refractivity contribution in [3.8, 4) is 0 Å². The van der Waals surface area contributed by atoms with E-state index in [2.05, 4.69) is 38.2 Å². The van der Waals surface area contributed by atoms with Crippen molar-refractivity contribution < 1.29 is 5.11 Å². The Hall–Kier alpha value is -0.120.